The van der Waals surface area contributed by atoms with Gasteiger partial charge in [0.15, 0.2) is 6.29 Å². The fourth-order valence-electron chi connectivity index (χ4n) is 3.17. The van der Waals surface area contributed by atoms with Crippen LogP contribution >= 0.6 is 0 Å². The molecule has 0 fully saturated rings. The minimum atomic E-state index is 0.669. The minimum Gasteiger partial charge on any atom is -0.351 e. The molecule has 0 saturated carbocycles. The Bertz CT molecular complexity index is 1130. The van der Waals surface area contributed by atoms with E-state index in [4.69, 9.17) is 4.99 Å². The summed E-state index contributed by atoms with van der Waals surface area (Å²) in [5.41, 5.74) is 4.93. The topological polar surface area (TPSA) is 51.3 Å². The average molecular weight is 389 g/mol. The largest absolute Gasteiger partial charge is 0.351 e. The number of rotatable bonds is 6. The van der Waals surface area contributed by atoms with Crippen LogP contribution in [0.2, 0.25) is 0 Å². The lowest BCUT2D eigenvalue weighted by Crippen LogP contribution is -2.10. The first kappa shape index (κ1) is 20.4. The highest BCUT2D eigenvalue weighted by atomic mass is 16.1. The van der Waals surface area contributed by atoms with Crippen LogP contribution in [0.25, 0.3) is 10.9 Å². The summed E-state index contributed by atoms with van der Waals surface area (Å²) in [6.07, 6.45) is 11.5. The Hall–Kier alpha value is -3.34. The summed E-state index contributed by atoms with van der Waals surface area (Å²) in [6, 6.07) is 8.42. The van der Waals surface area contributed by atoms with Gasteiger partial charge in [0.25, 0.3) is 0 Å². The second-order valence-electron chi connectivity index (χ2n) is 7.20. The molecular weight excluding hydrogens is 360 g/mol. The molecule has 0 amide bonds. The van der Waals surface area contributed by atoms with Gasteiger partial charge in [0.1, 0.15) is 11.7 Å². The van der Waals surface area contributed by atoms with E-state index >= 15 is 0 Å². The van der Waals surface area contributed by atoms with Gasteiger partial charge in [-0.15, -0.1) is 0 Å². The van der Waals surface area contributed by atoms with Crippen LogP contribution in [0.3, 0.4) is 0 Å². The van der Waals surface area contributed by atoms with E-state index in [1.54, 1.807) is 0 Å². The summed E-state index contributed by atoms with van der Waals surface area (Å²) < 4.78 is 4.00. The SMILES string of the molecule is C\C=C/C(=N\C(Nc1ccc2c(ccn2C)c1)=C(/C)CC)n1cc(C)c(C=O)c1. The van der Waals surface area contributed by atoms with Gasteiger partial charge in [0, 0.05) is 47.8 Å². The standard InChI is InChI=1S/C24H28N4O/c1-6-8-23(28-14-18(4)20(15-28)16-29)26-24(17(3)7-2)25-21-9-10-22-19(13-21)11-12-27(22)5/h6,8-16,25H,7H2,1-5H3/b8-6-,24-17+,26-23+. The maximum absolute atomic E-state index is 11.3. The highest BCUT2D eigenvalue weighted by molar-refractivity contribution is 5.97. The fraction of sp³-hybridized carbons (Fsp3) is 0.250. The molecular formula is C24H28N4O. The van der Waals surface area contributed by atoms with Crippen molar-refractivity contribution in [1.29, 1.82) is 0 Å². The highest BCUT2D eigenvalue weighted by Gasteiger charge is 2.09. The van der Waals surface area contributed by atoms with Crippen molar-refractivity contribution in [2.24, 2.45) is 12.0 Å². The van der Waals surface area contributed by atoms with Crippen LogP contribution in [0, 0.1) is 6.92 Å². The van der Waals surface area contributed by atoms with Crippen molar-refractivity contribution < 1.29 is 4.79 Å². The van der Waals surface area contributed by atoms with E-state index in [2.05, 4.69) is 54.2 Å². The summed E-state index contributed by atoms with van der Waals surface area (Å²) in [7, 11) is 2.04. The number of hydrogen-bond donors (Lipinski definition) is 1. The van der Waals surface area contributed by atoms with Crippen molar-refractivity contribution >= 4 is 28.7 Å². The molecule has 0 spiro atoms. The maximum atomic E-state index is 11.3. The summed E-state index contributed by atoms with van der Waals surface area (Å²) in [5, 5.41) is 4.67. The Balaban J connectivity index is 2.02. The number of hydrogen-bond acceptors (Lipinski definition) is 3. The van der Waals surface area contributed by atoms with Crippen LogP contribution in [0.5, 0.6) is 0 Å². The smallest absolute Gasteiger partial charge is 0.151 e. The average Bonchev–Trinajstić information content (AvgIpc) is 3.28. The lowest BCUT2D eigenvalue weighted by atomic mass is 10.2. The quantitative estimate of drug-likeness (QED) is 0.336. The first-order valence-electron chi connectivity index (χ1n) is 9.84. The van der Waals surface area contributed by atoms with Crippen molar-refractivity contribution in [2.75, 3.05) is 5.32 Å². The molecule has 29 heavy (non-hydrogen) atoms. The van der Waals surface area contributed by atoms with E-state index in [0.29, 0.717) is 5.56 Å². The van der Waals surface area contributed by atoms with Crippen LogP contribution in [-0.4, -0.2) is 21.3 Å². The number of allylic oxidation sites excluding steroid dienone is 3. The second kappa shape index (κ2) is 8.78. The van der Waals surface area contributed by atoms with E-state index in [9.17, 15) is 4.79 Å². The Kier molecular flexibility index (Phi) is 6.17. The van der Waals surface area contributed by atoms with Crippen LogP contribution in [0.15, 0.2) is 71.4 Å². The Morgan fingerprint density at radius 3 is 2.69 bits per heavy atom. The predicted octanol–water partition coefficient (Wildman–Crippen LogP) is 5.68. The first-order chi connectivity index (χ1) is 14.0. The molecule has 0 unspecified atom stereocenters. The lowest BCUT2D eigenvalue weighted by molar-refractivity contribution is 0.112. The number of anilines is 1. The molecule has 0 saturated heterocycles. The summed E-state index contributed by atoms with van der Waals surface area (Å²) >= 11 is 0. The Morgan fingerprint density at radius 2 is 2.03 bits per heavy atom. The number of aromatic nitrogens is 2. The van der Waals surface area contributed by atoms with Gasteiger partial charge < -0.3 is 14.5 Å². The number of aldehydes is 1. The minimum absolute atomic E-state index is 0.669. The second-order valence-corrected chi connectivity index (χ2v) is 7.20. The Morgan fingerprint density at radius 1 is 1.24 bits per heavy atom. The molecule has 2 aromatic heterocycles. The van der Waals surface area contributed by atoms with Gasteiger partial charge >= 0.3 is 0 Å². The molecule has 5 heteroatoms. The highest BCUT2D eigenvalue weighted by Crippen LogP contribution is 2.22. The fourth-order valence-corrected chi connectivity index (χ4v) is 3.17. The molecule has 3 aromatic rings. The predicted molar refractivity (Wildman–Crippen MR) is 122 cm³/mol. The molecule has 0 atom stereocenters. The third-order valence-electron chi connectivity index (χ3n) is 5.08. The normalized spacial score (nSPS) is 13.2. The third kappa shape index (κ3) is 4.40. The van der Waals surface area contributed by atoms with Crippen LogP contribution in [0.1, 0.15) is 43.1 Å². The monoisotopic (exact) mass is 388 g/mol. The molecule has 5 nitrogen and oxygen atoms in total. The number of aliphatic imine (C=N–C) groups is 1. The third-order valence-corrected chi connectivity index (χ3v) is 5.08. The maximum Gasteiger partial charge on any atom is 0.151 e. The van der Waals surface area contributed by atoms with E-state index < -0.39 is 0 Å². The molecule has 0 aliphatic carbocycles. The molecule has 0 aliphatic rings. The zero-order chi connectivity index (χ0) is 21.0. The molecule has 1 aromatic carbocycles. The molecule has 3 rings (SSSR count). The van der Waals surface area contributed by atoms with Gasteiger partial charge in [-0.05, 0) is 68.7 Å². The first-order valence-corrected chi connectivity index (χ1v) is 9.84. The number of carbonyl (C=O) groups is 1. The molecule has 0 aliphatic heterocycles. The van der Waals surface area contributed by atoms with E-state index in [-0.39, 0.29) is 0 Å². The zero-order valence-corrected chi connectivity index (χ0v) is 17.7. The zero-order valence-electron chi connectivity index (χ0n) is 17.7. The van der Waals surface area contributed by atoms with Crippen LogP contribution < -0.4 is 5.32 Å². The van der Waals surface area contributed by atoms with Gasteiger partial charge in [0.2, 0.25) is 0 Å². The molecule has 150 valence electrons. The number of aryl methyl sites for hydroxylation is 2. The summed E-state index contributed by atoms with van der Waals surface area (Å²) in [4.78, 5) is 16.2. The van der Waals surface area contributed by atoms with Gasteiger partial charge in [-0.25, -0.2) is 4.99 Å². The van der Waals surface area contributed by atoms with Gasteiger partial charge in [-0.1, -0.05) is 13.0 Å². The van der Waals surface area contributed by atoms with Gasteiger partial charge in [-0.2, -0.15) is 0 Å². The van der Waals surface area contributed by atoms with Crippen molar-refractivity contribution in [3.8, 4) is 0 Å². The van der Waals surface area contributed by atoms with Crippen molar-refractivity contribution in [3.05, 3.63) is 77.5 Å². The summed E-state index contributed by atoms with van der Waals surface area (Å²) in [5.74, 6) is 1.56. The number of fused-ring (bicyclic) bond motifs is 1. The van der Waals surface area contributed by atoms with E-state index in [0.717, 1.165) is 41.2 Å². The van der Waals surface area contributed by atoms with Gasteiger partial charge in [-0.3, -0.25) is 4.79 Å². The Labute approximate surface area is 172 Å². The molecule has 0 radical (unpaired) electrons. The van der Waals surface area contributed by atoms with E-state index in [1.165, 1.54) is 10.9 Å². The number of nitrogens with zero attached hydrogens (tertiary/aromatic N) is 3. The number of nitrogens with one attached hydrogen (secondary N) is 1. The molecule has 2 heterocycles. The molecule has 1 N–H and O–H groups in total. The van der Waals surface area contributed by atoms with E-state index in [1.807, 2.05) is 50.0 Å². The number of carbonyl (C=O) groups excluding carboxylic acids is 1. The van der Waals surface area contributed by atoms with Crippen molar-refractivity contribution in [3.63, 3.8) is 0 Å². The van der Waals surface area contributed by atoms with Crippen LogP contribution in [0.4, 0.5) is 5.69 Å². The van der Waals surface area contributed by atoms with Gasteiger partial charge in [0.05, 0.1) is 0 Å². The summed E-state index contributed by atoms with van der Waals surface area (Å²) in [6.45, 7) is 8.08. The number of benzene rings is 1. The lowest BCUT2D eigenvalue weighted by Gasteiger charge is -2.13. The molecule has 0 bridgehead atoms. The van der Waals surface area contributed by atoms with Crippen molar-refractivity contribution in [1.82, 2.24) is 9.13 Å². The van der Waals surface area contributed by atoms with Crippen LogP contribution in [-0.2, 0) is 7.05 Å². The van der Waals surface area contributed by atoms with Crippen molar-refractivity contribution in [2.45, 2.75) is 34.1 Å².